The zero-order valence-electron chi connectivity index (χ0n) is 9.43. The van der Waals surface area contributed by atoms with Crippen molar-refractivity contribution in [3.05, 3.63) is 26.3 Å². The molecule has 3 nitrogen and oxygen atoms in total. The number of hydrogen-bond donors (Lipinski definition) is 1. The number of amides is 1. The van der Waals surface area contributed by atoms with E-state index in [1.54, 1.807) is 19.2 Å². The highest BCUT2D eigenvalue weighted by molar-refractivity contribution is 14.1. The van der Waals surface area contributed by atoms with E-state index < -0.39 is 0 Å². The number of rotatable bonds is 4. The summed E-state index contributed by atoms with van der Waals surface area (Å²) in [6.07, 6.45) is 2.43. The molecular weight excluding hydrogens is 352 g/mol. The quantitative estimate of drug-likeness (QED) is 0.833. The van der Waals surface area contributed by atoms with Gasteiger partial charge in [0.2, 0.25) is 0 Å². The van der Waals surface area contributed by atoms with Crippen molar-refractivity contribution >= 4 is 40.1 Å². The van der Waals surface area contributed by atoms with E-state index in [4.69, 9.17) is 16.3 Å². The highest BCUT2D eigenvalue weighted by atomic mass is 127. The predicted molar refractivity (Wildman–Crippen MR) is 75.8 cm³/mol. The lowest BCUT2D eigenvalue weighted by Crippen LogP contribution is -2.26. The van der Waals surface area contributed by atoms with Crippen LogP contribution in [-0.4, -0.2) is 19.6 Å². The van der Waals surface area contributed by atoms with Gasteiger partial charge in [-0.1, -0.05) is 11.6 Å². The number of benzene rings is 1. The van der Waals surface area contributed by atoms with Crippen LogP contribution in [-0.2, 0) is 0 Å². The summed E-state index contributed by atoms with van der Waals surface area (Å²) in [5, 5.41) is 3.47. The first-order valence-electron chi connectivity index (χ1n) is 5.43. The molecule has 1 fully saturated rings. The van der Waals surface area contributed by atoms with Crippen LogP contribution in [0.1, 0.15) is 23.2 Å². The molecule has 1 N–H and O–H groups in total. The minimum absolute atomic E-state index is 0.118. The van der Waals surface area contributed by atoms with Gasteiger partial charge in [0.15, 0.2) is 0 Å². The number of carbonyl (C=O) groups is 1. The van der Waals surface area contributed by atoms with Gasteiger partial charge >= 0.3 is 0 Å². The summed E-state index contributed by atoms with van der Waals surface area (Å²) in [6, 6.07) is 3.43. The Morgan fingerprint density at radius 3 is 2.88 bits per heavy atom. The molecular formula is C12H13ClINO2. The highest BCUT2D eigenvalue weighted by Gasteiger charge is 2.23. The van der Waals surface area contributed by atoms with E-state index in [2.05, 4.69) is 27.9 Å². The Morgan fingerprint density at radius 2 is 2.29 bits per heavy atom. The van der Waals surface area contributed by atoms with Gasteiger partial charge in [-0.05, 0) is 53.5 Å². The largest absolute Gasteiger partial charge is 0.496 e. The highest BCUT2D eigenvalue weighted by Crippen LogP contribution is 2.30. The Kier molecular flexibility index (Phi) is 4.14. The number of nitrogens with one attached hydrogen (secondary N) is 1. The van der Waals surface area contributed by atoms with Gasteiger partial charge in [-0.2, -0.15) is 0 Å². The average molecular weight is 366 g/mol. The smallest absolute Gasteiger partial charge is 0.255 e. The number of methoxy groups -OCH3 is 1. The summed E-state index contributed by atoms with van der Waals surface area (Å²) in [7, 11) is 1.55. The number of hydrogen-bond acceptors (Lipinski definition) is 2. The Hall–Kier alpha value is -0.490. The van der Waals surface area contributed by atoms with Crippen molar-refractivity contribution < 1.29 is 9.53 Å². The fraction of sp³-hybridized carbons (Fsp3) is 0.417. The second kappa shape index (κ2) is 5.44. The molecule has 1 amide bonds. The predicted octanol–water partition coefficient (Wildman–Crippen LogP) is 3.09. The monoisotopic (exact) mass is 365 g/mol. The van der Waals surface area contributed by atoms with E-state index in [0.29, 0.717) is 22.3 Å². The van der Waals surface area contributed by atoms with E-state index in [0.717, 1.165) is 10.1 Å². The Labute approximate surface area is 119 Å². The number of halogens is 2. The summed E-state index contributed by atoms with van der Waals surface area (Å²) < 4.78 is 6.08. The van der Waals surface area contributed by atoms with Crippen LogP contribution in [0.3, 0.4) is 0 Å². The number of carbonyl (C=O) groups excluding carboxylic acids is 1. The topological polar surface area (TPSA) is 38.3 Å². The molecule has 1 aromatic rings. The summed E-state index contributed by atoms with van der Waals surface area (Å²) in [6.45, 7) is 0.742. The van der Waals surface area contributed by atoms with Crippen LogP contribution in [0.4, 0.5) is 0 Å². The molecule has 0 radical (unpaired) electrons. The molecule has 0 aliphatic heterocycles. The van der Waals surface area contributed by atoms with Crippen LogP contribution in [0.5, 0.6) is 5.75 Å². The van der Waals surface area contributed by atoms with Crippen LogP contribution >= 0.6 is 34.2 Å². The van der Waals surface area contributed by atoms with Crippen molar-refractivity contribution in [2.75, 3.05) is 13.7 Å². The third kappa shape index (κ3) is 3.25. The van der Waals surface area contributed by atoms with Crippen molar-refractivity contribution in [2.45, 2.75) is 12.8 Å². The molecule has 0 aromatic heterocycles. The van der Waals surface area contributed by atoms with Crippen molar-refractivity contribution in [1.29, 1.82) is 0 Å². The first-order chi connectivity index (χ1) is 8.11. The zero-order chi connectivity index (χ0) is 12.4. The van der Waals surface area contributed by atoms with Gasteiger partial charge in [0.25, 0.3) is 5.91 Å². The van der Waals surface area contributed by atoms with Gasteiger partial charge in [-0.15, -0.1) is 0 Å². The van der Waals surface area contributed by atoms with E-state index in [1.807, 2.05) is 0 Å². The Morgan fingerprint density at radius 1 is 1.59 bits per heavy atom. The molecule has 0 heterocycles. The molecule has 1 aromatic carbocycles. The van der Waals surface area contributed by atoms with Gasteiger partial charge in [0.05, 0.1) is 17.7 Å². The minimum atomic E-state index is -0.118. The fourth-order valence-corrected chi connectivity index (χ4v) is 2.13. The van der Waals surface area contributed by atoms with Gasteiger partial charge in [-0.25, -0.2) is 0 Å². The van der Waals surface area contributed by atoms with Crippen LogP contribution in [0.2, 0.25) is 5.02 Å². The normalized spacial score (nSPS) is 14.5. The first-order valence-corrected chi connectivity index (χ1v) is 6.88. The molecule has 1 aliphatic rings. The minimum Gasteiger partial charge on any atom is -0.496 e. The second-order valence-electron chi connectivity index (χ2n) is 4.12. The molecule has 17 heavy (non-hydrogen) atoms. The fourth-order valence-electron chi connectivity index (χ4n) is 1.53. The maximum atomic E-state index is 12.0. The van der Waals surface area contributed by atoms with Gasteiger partial charge < -0.3 is 10.1 Å². The van der Waals surface area contributed by atoms with Crippen molar-refractivity contribution in [3.8, 4) is 5.75 Å². The first kappa shape index (κ1) is 13.0. The van der Waals surface area contributed by atoms with Gasteiger partial charge in [0.1, 0.15) is 5.75 Å². The molecule has 0 atom stereocenters. The van der Waals surface area contributed by atoms with Crippen molar-refractivity contribution in [1.82, 2.24) is 5.32 Å². The second-order valence-corrected chi connectivity index (χ2v) is 5.69. The molecule has 0 unspecified atom stereocenters. The van der Waals surface area contributed by atoms with Crippen molar-refractivity contribution in [3.63, 3.8) is 0 Å². The number of ether oxygens (including phenoxy) is 1. The molecule has 1 aliphatic carbocycles. The Bertz CT molecular complexity index is 446. The summed E-state index contributed by atoms with van der Waals surface area (Å²) in [4.78, 5) is 12.0. The SMILES string of the molecule is COc1cc(I)c(Cl)cc1C(=O)NCC1CC1. The van der Waals surface area contributed by atoms with Crippen molar-refractivity contribution in [2.24, 2.45) is 5.92 Å². The molecule has 1 saturated carbocycles. The van der Waals surface area contributed by atoms with Crippen LogP contribution in [0.25, 0.3) is 0 Å². The van der Waals surface area contributed by atoms with E-state index in [9.17, 15) is 4.79 Å². The third-order valence-corrected chi connectivity index (χ3v) is 4.26. The third-order valence-electron chi connectivity index (χ3n) is 2.74. The lowest BCUT2D eigenvalue weighted by atomic mass is 10.2. The molecule has 0 spiro atoms. The lowest BCUT2D eigenvalue weighted by molar-refractivity contribution is 0.0949. The maximum Gasteiger partial charge on any atom is 0.255 e. The molecule has 5 heteroatoms. The maximum absolute atomic E-state index is 12.0. The van der Waals surface area contributed by atoms with Crippen LogP contribution in [0.15, 0.2) is 12.1 Å². The van der Waals surface area contributed by atoms with E-state index >= 15 is 0 Å². The van der Waals surface area contributed by atoms with Crippen LogP contribution < -0.4 is 10.1 Å². The van der Waals surface area contributed by atoms with Gasteiger partial charge in [0, 0.05) is 10.1 Å². The molecule has 92 valence electrons. The molecule has 2 rings (SSSR count). The van der Waals surface area contributed by atoms with Gasteiger partial charge in [-0.3, -0.25) is 4.79 Å². The summed E-state index contributed by atoms with van der Waals surface area (Å²) in [5.74, 6) is 1.10. The summed E-state index contributed by atoms with van der Waals surface area (Å²) >= 11 is 8.13. The van der Waals surface area contributed by atoms with E-state index in [1.165, 1.54) is 12.8 Å². The lowest BCUT2D eigenvalue weighted by Gasteiger charge is -2.10. The average Bonchev–Trinajstić information content (AvgIpc) is 3.13. The summed E-state index contributed by atoms with van der Waals surface area (Å²) in [5.41, 5.74) is 0.499. The van der Waals surface area contributed by atoms with Crippen LogP contribution in [0, 0.1) is 9.49 Å². The van der Waals surface area contributed by atoms with E-state index in [-0.39, 0.29) is 5.91 Å². The Balaban J connectivity index is 2.16. The molecule has 0 saturated heterocycles. The standard InChI is InChI=1S/C12H13ClINO2/c1-17-11-5-10(14)9(13)4-8(11)12(16)15-6-7-2-3-7/h4-5,7H,2-3,6H2,1H3,(H,15,16). The zero-order valence-corrected chi connectivity index (χ0v) is 12.3. The molecule has 0 bridgehead atoms.